The number of anilines is 1. The molecule has 1 atom stereocenters. The molecular formula is C20H19F3N2O2. The fraction of sp³-hybridized carbons (Fsp3) is 0.250. The first-order chi connectivity index (χ1) is 12.7. The summed E-state index contributed by atoms with van der Waals surface area (Å²) in [6, 6.07) is 10.6. The van der Waals surface area contributed by atoms with Crippen LogP contribution in [-0.2, 0) is 17.4 Å². The summed E-state index contributed by atoms with van der Waals surface area (Å²) in [6.07, 6.45) is -2.39. The van der Waals surface area contributed by atoms with Crippen molar-refractivity contribution < 1.29 is 22.7 Å². The number of fused-ring (bicyclic) bond motifs is 1. The molecule has 0 fully saturated rings. The van der Waals surface area contributed by atoms with Crippen LogP contribution in [0.4, 0.5) is 18.9 Å². The van der Waals surface area contributed by atoms with Crippen molar-refractivity contribution in [3.8, 4) is 5.75 Å². The highest BCUT2D eigenvalue weighted by atomic mass is 19.4. The van der Waals surface area contributed by atoms with Gasteiger partial charge in [-0.15, -0.1) is 0 Å². The normalized spacial score (nSPS) is 12.8. The second-order valence-corrected chi connectivity index (χ2v) is 6.42. The maximum Gasteiger partial charge on any atom is 0.416 e. The van der Waals surface area contributed by atoms with Gasteiger partial charge in [0.25, 0.3) is 0 Å². The molecule has 0 aliphatic carbocycles. The van der Waals surface area contributed by atoms with Gasteiger partial charge in [-0.25, -0.2) is 0 Å². The summed E-state index contributed by atoms with van der Waals surface area (Å²) >= 11 is 0. The molecule has 7 heteroatoms. The number of hydrogen-bond acceptors (Lipinski definition) is 2. The Morgan fingerprint density at radius 1 is 1.19 bits per heavy atom. The Kier molecular flexibility index (Phi) is 5.12. The van der Waals surface area contributed by atoms with Gasteiger partial charge in [-0.3, -0.25) is 4.79 Å². The number of benzene rings is 2. The predicted octanol–water partition coefficient (Wildman–Crippen LogP) is 5.16. The lowest BCUT2D eigenvalue weighted by Crippen LogP contribution is -2.15. The second kappa shape index (κ2) is 7.34. The number of ether oxygens (including phenoxy) is 1. The molecule has 3 aromatic rings. The van der Waals surface area contributed by atoms with Gasteiger partial charge >= 0.3 is 6.18 Å². The molecule has 2 N–H and O–H groups in total. The molecule has 0 aliphatic rings. The monoisotopic (exact) mass is 376 g/mol. The van der Waals surface area contributed by atoms with Gasteiger partial charge < -0.3 is 15.0 Å². The predicted molar refractivity (Wildman–Crippen MR) is 97.8 cm³/mol. The maximum atomic E-state index is 12.6. The highest BCUT2D eigenvalue weighted by molar-refractivity contribution is 6.01. The van der Waals surface area contributed by atoms with Gasteiger partial charge in [0.2, 0.25) is 5.91 Å². The van der Waals surface area contributed by atoms with Gasteiger partial charge in [0, 0.05) is 30.4 Å². The van der Waals surface area contributed by atoms with Crippen LogP contribution in [0.3, 0.4) is 0 Å². The van der Waals surface area contributed by atoms with Crippen LogP contribution in [0.25, 0.3) is 10.9 Å². The summed E-state index contributed by atoms with van der Waals surface area (Å²) in [5, 5.41) is 3.57. The smallest absolute Gasteiger partial charge is 0.416 e. The van der Waals surface area contributed by atoms with E-state index in [-0.39, 0.29) is 12.0 Å². The van der Waals surface area contributed by atoms with Crippen LogP contribution >= 0.6 is 0 Å². The van der Waals surface area contributed by atoms with Crippen LogP contribution in [0.5, 0.6) is 5.75 Å². The Labute approximate surface area is 154 Å². The number of rotatable bonds is 5. The molecule has 1 amide bonds. The van der Waals surface area contributed by atoms with Crippen molar-refractivity contribution in [2.24, 2.45) is 0 Å². The van der Waals surface area contributed by atoms with Gasteiger partial charge in [-0.1, -0.05) is 12.1 Å². The highest BCUT2D eigenvalue weighted by Crippen LogP contribution is 2.30. The van der Waals surface area contributed by atoms with Crippen LogP contribution in [0.15, 0.2) is 48.7 Å². The van der Waals surface area contributed by atoms with Gasteiger partial charge in [0.1, 0.15) is 5.75 Å². The number of hydrogen-bond donors (Lipinski definition) is 2. The first kappa shape index (κ1) is 18.8. The standard InChI is InChI=1S/C20H19F3N2O2/c1-12(9-14-3-5-15(6-4-14)20(21,22)23)27-16-7-8-18-17(10-16)19(11-24-18)25-13(2)26/h3-8,10-12,24H,9H2,1-2H3,(H,25,26)/t12-/m1/s1. The Balaban J connectivity index is 1.70. The van der Waals surface area contributed by atoms with E-state index < -0.39 is 11.7 Å². The van der Waals surface area contributed by atoms with E-state index in [0.717, 1.165) is 28.6 Å². The first-order valence-electron chi connectivity index (χ1n) is 8.44. The number of alkyl halides is 3. The minimum atomic E-state index is -4.34. The van der Waals surface area contributed by atoms with Crippen molar-refractivity contribution in [2.45, 2.75) is 32.5 Å². The molecule has 3 rings (SSSR count). The highest BCUT2D eigenvalue weighted by Gasteiger charge is 2.29. The van der Waals surface area contributed by atoms with E-state index in [1.807, 2.05) is 19.1 Å². The van der Waals surface area contributed by atoms with E-state index >= 15 is 0 Å². The number of amides is 1. The van der Waals surface area contributed by atoms with Crippen LogP contribution in [0, 0.1) is 0 Å². The summed E-state index contributed by atoms with van der Waals surface area (Å²) < 4.78 is 43.8. The molecule has 1 heterocycles. The molecule has 0 unspecified atom stereocenters. The van der Waals surface area contributed by atoms with Gasteiger partial charge in [0.15, 0.2) is 0 Å². The molecule has 2 aromatic carbocycles. The van der Waals surface area contributed by atoms with E-state index in [0.29, 0.717) is 17.9 Å². The van der Waals surface area contributed by atoms with Crippen LogP contribution < -0.4 is 10.1 Å². The molecule has 27 heavy (non-hydrogen) atoms. The van der Waals surface area contributed by atoms with Crippen molar-refractivity contribution in [1.82, 2.24) is 4.98 Å². The molecule has 1 aromatic heterocycles. The molecule has 0 spiro atoms. The van der Waals surface area contributed by atoms with E-state index in [9.17, 15) is 18.0 Å². The molecule has 142 valence electrons. The molecule has 4 nitrogen and oxygen atoms in total. The third-order valence-electron chi connectivity index (χ3n) is 4.11. The lowest BCUT2D eigenvalue weighted by molar-refractivity contribution is -0.137. The number of carbonyl (C=O) groups excluding carboxylic acids is 1. The average molecular weight is 376 g/mol. The molecule has 0 saturated carbocycles. The third-order valence-corrected chi connectivity index (χ3v) is 4.11. The van der Waals surface area contributed by atoms with Gasteiger partial charge in [-0.05, 0) is 42.8 Å². The lowest BCUT2D eigenvalue weighted by Gasteiger charge is -2.16. The van der Waals surface area contributed by atoms with Crippen LogP contribution in [-0.4, -0.2) is 17.0 Å². The Hall–Kier alpha value is -2.96. The number of aromatic nitrogens is 1. The van der Waals surface area contributed by atoms with E-state index in [4.69, 9.17) is 4.74 Å². The molecule has 0 radical (unpaired) electrons. The summed E-state index contributed by atoms with van der Waals surface area (Å²) in [7, 11) is 0. The minimum absolute atomic E-state index is 0.169. The fourth-order valence-electron chi connectivity index (χ4n) is 2.90. The van der Waals surface area contributed by atoms with Crippen molar-refractivity contribution in [1.29, 1.82) is 0 Å². The average Bonchev–Trinajstić information content (AvgIpc) is 2.96. The van der Waals surface area contributed by atoms with Crippen molar-refractivity contribution >= 4 is 22.5 Å². The van der Waals surface area contributed by atoms with Crippen molar-refractivity contribution in [2.75, 3.05) is 5.32 Å². The van der Waals surface area contributed by atoms with Gasteiger partial charge in [0.05, 0.1) is 17.4 Å². The number of carbonyl (C=O) groups is 1. The first-order valence-corrected chi connectivity index (χ1v) is 8.44. The molecule has 0 bridgehead atoms. The molecule has 0 saturated heterocycles. The SMILES string of the molecule is CC(=O)Nc1c[nH]c2ccc(O[C@H](C)Cc3ccc(C(F)(F)F)cc3)cc12. The summed E-state index contributed by atoms with van der Waals surface area (Å²) in [5.41, 5.74) is 1.63. The Morgan fingerprint density at radius 2 is 1.89 bits per heavy atom. The Morgan fingerprint density at radius 3 is 2.52 bits per heavy atom. The largest absolute Gasteiger partial charge is 0.490 e. The zero-order chi connectivity index (χ0) is 19.6. The number of nitrogens with one attached hydrogen (secondary N) is 2. The number of halogens is 3. The zero-order valence-electron chi connectivity index (χ0n) is 14.9. The topological polar surface area (TPSA) is 54.1 Å². The molecular weight excluding hydrogens is 357 g/mol. The zero-order valence-corrected chi connectivity index (χ0v) is 14.9. The Bertz CT molecular complexity index is 946. The number of aromatic amines is 1. The van der Waals surface area contributed by atoms with Crippen molar-refractivity contribution in [3.05, 3.63) is 59.8 Å². The summed E-state index contributed by atoms with van der Waals surface area (Å²) in [4.78, 5) is 14.3. The second-order valence-electron chi connectivity index (χ2n) is 6.42. The van der Waals surface area contributed by atoms with Crippen LogP contribution in [0.2, 0.25) is 0 Å². The van der Waals surface area contributed by atoms with E-state index in [1.165, 1.54) is 19.1 Å². The summed E-state index contributed by atoms with van der Waals surface area (Å²) in [6.45, 7) is 3.29. The van der Waals surface area contributed by atoms with Crippen molar-refractivity contribution in [3.63, 3.8) is 0 Å². The fourth-order valence-corrected chi connectivity index (χ4v) is 2.90. The van der Waals surface area contributed by atoms with E-state index in [1.54, 1.807) is 12.3 Å². The number of H-pyrrole nitrogens is 1. The quantitative estimate of drug-likeness (QED) is 0.647. The van der Waals surface area contributed by atoms with Gasteiger partial charge in [-0.2, -0.15) is 13.2 Å². The lowest BCUT2D eigenvalue weighted by atomic mass is 10.1. The minimum Gasteiger partial charge on any atom is -0.490 e. The third kappa shape index (κ3) is 4.61. The molecule has 0 aliphatic heterocycles. The van der Waals surface area contributed by atoms with E-state index in [2.05, 4.69) is 10.3 Å². The maximum absolute atomic E-state index is 12.6. The van der Waals surface area contributed by atoms with Crippen LogP contribution in [0.1, 0.15) is 25.0 Å². The summed E-state index contributed by atoms with van der Waals surface area (Å²) in [5.74, 6) is 0.450.